The molecule has 1 fully saturated rings. The number of carbonyl (C=O) groups is 1. The Kier molecular flexibility index (Phi) is 5.04. The minimum Gasteiger partial charge on any atom is -0.444 e. The van der Waals surface area contributed by atoms with Gasteiger partial charge in [-0.1, -0.05) is 6.07 Å². The first-order valence-electron chi connectivity index (χ1n) is 7.77. The molecule has 0 aliphatic heterocycles. The largest absolute Gasteiger partial charge is 0.444 e. The number of nitrogen functional groups attached to an aromatic ring is 1. The number of carbonyl (C=O) groups excluding carboxylic acids is 1. The van der Waals surface area contributed by atoms with E-state index < -0.39 is 22.5 Å². The van der Waals surface area contributed by atoms with Gasteiger partial charge in [-0.15, -0.1) is 0 Å². The highest BCUT2D eigenvalue weighted by molar-refractivity contribution is 7.83. The Hall–Kier alpha value is -1.56. The number of benzene rings is 1. The Bertz CT molecular complexity index is 619. The number of hydrogen-bond acceptors (Lipinski definition) is 4. The third-order valence-electron chi connectivity index (χ3n) is 3.88. The van der Waals surface area contributed by atoms with E-state index in [1.807, 2.05) is 39.0 Å². The van der Waals surface area contributed by atoms with Gasteiger partial charge >= 0.3 is 6.09 Å². The summed E-state index contributed by atoms with van der Waals surface area (Å²) in [5, 5.41) is 2.87. The van der Waals surface area contributed by atoms with Crippen LogP contribution in [0.4, 0.5) is 10.5 Å². The van der Waals surface area contributed by atoms with Crippen LogP contribution in [0.15, 0.2) is 18.2 Å². The Balaban J connectivity index is 2.11. The highest BCUT2D eigenvalue weighted by Gasteiger charge is 2.45. The van der Waals surface area contributed by atoms with Gasteiger partial charge in [0.1, 0.15) is 5.60 Å². The van der Waals surface area contributed by atoms with Gasteiger partial charge in [0.25, 0.3) is 0 Å². The molecule has 3 N–H and O–H groups in total. The van der Waals surface area contributed by atoms with E-state index in [1.165, 1.54) is 0 Å². The van der Waals surface area contributed by atoms with Crippen molar-refractivity contribution in [2.75, 3.05) is 18.5 Å². The maximum atomic E-state index is 11.9. The van der Waals surface area contributed by atoms with Gasteiger partial charge < -0.3 is 15.8 Å². The van der Waals surface area contributed by atoms with Gasteiger partial charge in [-0.2, -0.15) is 0 Å². The summed E-state index contributed by atoms with van der Waals surface area (Å²) in [4.78, 5) is 11.9. The SMILES string of the molecule is CS(=O)Cc1cc(N)ccc1C1(CNC(=O)OC(C)(C)C)CC1. The average Bonchev–Trinajstić information content (AvgIpc) is 3.15. The summed E-state index contributed by atoms with van der Waals surface area (Å²) in [7, 11) is -0.936. The first-order chi connectivity index (χ1) is 10.6. The number of ether oxygens (including phenoxy) is 1. The number of hydrogen-bond donors (Lipinski definition) is 2. The summed E-state index contributed by atoms with van der Waals surface area (Å²) in [5.74, 6) is 0.481. The smallest absolute Gasteiger partial charge is 0.407 e. The van der Waals surface area contributed by atoms with Crippen LogP contribution in [0.3, 0.4) is 0 Å². The van der Waals surface area contributed by atoms with Gasteiger partial charge in [0.2, 0.25) is 0 Å². The van der Waals surface area contributed by atoms with Gasteiger partial charge in [-0.05, 0) is 56.9 Å². The van der Waals surface area contributed by atoms with Crippen LogP contribution in [0.1, 0.15) is 44.7 Å². The van der Waals surface area contributed by atoms with Crippen molar-refractivity contribution in [1.82, 2.24) is 5.32 Å². The van der Waals surface area contributed by atoms with Gasteiger partial charge in [-0.25, -0.2) is 4.79 Å². The molecule has 0 heterocycles. The monoisotopic (exact) mass is 338 g/mol. The molecule has 5 nitrogen and oxygen atoms in total. The van der Waals surface area contributed by atoms with Crippen molar-refractivity contribution in [1.29, 1.82) is 0 Å². The number of anilines is 1. The predicted molar refractivity (Wildman–Crippen MR) is 93.8 cm³/mol. The van der Waals surface area contributed by atoms with E-state index in [-0.39, 0.29) is 5.41 Å². The average molecular weight is 338 g/mol. The van der Waals surface area contributed by atoms with E-state index >= 15 is 0 Å². The van der Waals surface area contributed by atoms with Crippen LogP contribution in [0.2, 0.25) is 0 Å². The maximum Gasteiger partial charge on any atom is 0.407 e. The Morgan fingerprint density at radius 3 is 2.57 bits per heavy atom. The zero-order valence-electron chi connectivity index (χ0n) is 14.3. The topological polar surface area (TPSA) is 81.4 Å². The zero-order chi connectivity index (χ0) is 17.3. The van der Waals surface area contributed by atoms with Crippen molar-refractivity contribution in [2.24, 2.45) is 0 Å². The number of rotatable bonds is 5. The van der Waals surface area contributed by atoms with E-state index in [1.54, 1.807) is 6.26 Å². The molecule has 1 atom stereocenters. The van der Waals surface area contributed by atoms with Crippen LogP contribution in [0, 0.1) is 0 Å². The zero-order valence-corrected chi connectivity index (χ0v) is 15.1. The van der Waals surface area contributed by atoms with Gasteiger partial charge in [0.15, 0.2) is 0 Å². The van der Waals surface area contributed by atoms with Crippen LogP contribution in [-0.4, -0.2) is 28.7 Å². The fourth-order valence-corrected chi connectivity index (χ4v) is 3.39. The molecule has 2 rings (SSSR count). The van der Waals surface area contributed by atoms with E-state index in [0.29, 0.717) is 18.0 Å². The molecule has 6 heteroatoms. The number of amides is 1. The number of nitrogens with one attached hydrogen (secondary N) is 1. The lowest BCUT2D eigenvalue weighted by Gasteiger charge is -2.23. The van der Waals surface area contributed by atoms with Crippen LogP contribution < -0.4 is 11.1 Å². The molecular formula is C17H26N2O3S. The molecule has 1 unspecified atom stereocenters. The van der Waals surface area contributed by atoms with E-state index in [0.717, 1.165) is 24.0 Å². The Morgan fingerprint density at radius 1 is 1.39 bits per heavy atom. The van der Waals surface area contributed by atoms with Gasteiger partial charge in [0.05, 0.1) is 0 Å². The van der Waals surface area contributed by atoms with E-state index in [2.05, 4.69) is 5.32 Å². The summed E-state index contributed by atoms with van der Waals surface area (Å²) >= 11 is 0. The van der Waals surface area contributed by atoms with Crippen molar-refractivity contribution >= 4 is 22.6 Å². The molecule has 1 aliphatic rings. The highest BCUT2D eigenvalue weighted by atomic mass is 32.2. The van der Waals surface area contributed by atoms with Crippen molar-refractivity contribution in [3.05, 3.63) is 29.3 Å². The molecule has 1 aromatic rings. The number of nitrogens with two attached hydrogens (primary N) is 1. The van der Waals surface area contributed by atoms with Crippen LogP contribution in [0.25, 0.3) is 0 Å². The molecule has 0 radical (unpaired) electrons. The van der Waals surface area contributed by atoms with Crippen molar-refractivity contribution in [2.45, 2.75) is 50.4 Å². The second-order valence-corrected chi connectivity index (χ2v) is 8.70. The summed E-state index contributed by atoms with van der Waals surface area (Å²) < 4.78 is 16.9. The lowest BCUT2D eigenvalue weighted by atomic mass is 9.91. The first kappa shape index (κ1) is 17.8. The van der Waals surface area contributed by atoms with E-state index in [4.69, 9.17) is 10.5 Å². The molecule has 1 amide bonds. The molecule has 1 aromatic carbocycles. The molecule has 1 saturated carbocycles. The molecule has 0 bridgehead atoms. The third-order valence-corrected chi connectivity index (χ3v) is 4.60. The maximum absolute atomic E-state index is 11.9. The van der Waals surface area contributed by atoms with Crippen LogP contribution in [0.5, 0.6) is 0 Å². The van der Waals surface area contributed by atoms with Crippen molar-refractivity contribution < 1.29 is 13.7 Å². The molecule has 128 valence electrons. The fourth-order valence-electron chi connectivity index (χ4n) is 2.72. The number of alkyl carbamates (subject to hydrolysis) is 1. The van der Waals surface area contributed by atoms with Crippen LogP contribution in [-0.2, 0) is 26.7 Å². The van der Waals surface area contributed by atoms with Gasteiger partial charge in [0, 0.05) is 40.5 Å². The predicted octanol–water partition coefficient (Wildman–Crippen LogP) is 2.70. The van der Waals surface area contributed by atoms with Crippen LogP contribution >= 0.6 is 0 Å². The van der Waals surface area contributed by atoms with Gasteiger partial charge in [-0.3, -0.25) is 4.21 Å². The van der Waals surface area contributed by atoms with Crippen molar-refractivity contribution in [3.63, 3.8) is 0 Å². The van der Waals surface area contributed by atoms with Crippen molar-refractivity contribution in [3.8, 4) is 0 Å². The third kappa shape index (κ3) is 4.96. The minimum atomic E-state index is -0.936. The first-order valence-corrected chi connectivity index (χ1v) is 9.50. The Morgan fingerprint density at radius 2 is 2.04 bits per heavy atom. The minimum absolute atomic E-state index is 0.0840. The molecule has 0 aromatic heterocycles. The second-order valence-electron chi connectivity index (χ2n) is 7.27. The lowest BCUT2D eigenvalue weighted by molar-refractivity contribution is 0.0522. The molecule has 0 saturated heterocycles. The lowest BCUT2D eigenvalue weighted by Crippen LogP contribution is -2.37. The standard InChI is InChI=1S/C17H26N2O3S/c1-16(2,3)22-15(20)19-11-17(7-8-17)14-6-5-13(18)9-12(14)10-23(4)21/h5-6,9H,7-8,10-11,18H2,1-4H3,(H,19,20). The fraction of sp³-hybridized carbons (Fsp3) is 0.588. The second kappa shape index (κ2) is 6.51. The molecule has 23 heavy (non-hydrogen) atoms. The molecule has 0 spiro atoms. The summed E-state index contributed by atoms with van der Waals surface area (Å²) in [6.45, 7) is 6.05. The summed E-state index contributed by atoms with van der Waals surface area (Å²) in [5.41, 5.74) is 8.10. The summed E-state index contributed by atoms with van der Waals surface area (Å²) in [6.07, 6.45) is 3.28. The van der Waals surface area contributed by atoms with E-state index in [9.17, 15) is 9.00 Å². The summed E-state index contributed by atoms with van der Waals surface area (Å²) in [6, 6.07) is 5.76. The molecule has 1 aliphatic carbocycles. The normalized spacial score (nSPS) is 17.4. The quantitative estimate of drug-likeness (QED) is 0.809. The highest BCUT2D eigenvalue weighted by Crippen LogP contribution is 2.49. The molecular weight excluding hydrogens is 312 g/mol. The Labute approximate surface area is 140 Å².